The monoisotopic (exact) mass is 163 g/mol. The minimum atomic E-state index is -1.03. The lowest BCUT2D eigenvalue weighted by Gasteiger charge is -2.14. The highest BCUT2D eigenvalue weighted by Gasteiger charge is 2.14. The Kier molecular flexibility index (Phi) is 4.76. The van der Waals surface area contributed by atoms with Crippen LogP contribution in [0.2, 0.25) is 0 Å². The molecule has 0 saturated carbocycles. The Morgan fingerprint density at radius 3 is 2.27 bits per heavy atom. The van der Waals surface area contributed by atoms with E-state index in [-0.39, 0.29) is 19.4 Å². The Bertz CT molecular complexity index is 128. The first-order chi connectivity index (χ1) is 5.07. The number of carbonyl (C=O) groups is 1. The summed E-state index contributed by atoms with van der Waals surface area (Å²) in [4.78, 5) is 9.99. The zero-order chi connectivity index (χ0) is 8.85. The fraction of sp³-hybridized carbons (Fsp3) is 0.833. The van der Waals surface area contributed by atoms with Crippen molar-refractivity contribution in [2.24, 2.45) is 5.73 Å². The maximum Gasteiger partial charge on any atom is 0.303 e. The topological polar surface area (TPSA) is 104 Å². The SMILES string of the molecule is NC[C@H](O)[C@@H](O)CCC(=O)O. The molecule has 0 bridgehead atoms. The second-order valence-corrected chi connectivity index (χ2v) is 2.30. The Labute approximate surface area is 64.4 Å². The van der Waals surface area contributed by atoms with E-state index >= 15 is 0 Å². The van der Waals surface area contributed by atoms with E-state index in [0.717, 1.165) is 0 Å². The molecule has 0 rings (SSSR count). The predicted molar refractivity (Wildman–Crippen MR) is 37.9 cm³/mol. The molecule has 0 aromatic heterocycles. The Hall–Kier alpha value is -0.650. The lowest BCUT2D eigenvalue weighted by molar-refractivity contribution is -0.138. The van der Waals surface area contributed by atoms with Crippen molar-refractivity contribution >= 4 is 5.97 Å². The van der Waals surface area contributed by atoms with Crippen LogP contribution in [0.25, 0.3) is 0 Å². The predicted octanol–water partition coefficient (Wildman–Crippen LogP) is -1.47. The minimum Gasteiger partial charge on any atom is -0.481 e. The molecule has 0 unspecified atom stereocenters. The molecule has 5 nitrogen and oxygen atoms in total. The van der Waals surface area contributed by atoms with Crippen LogP contribution in [-0.2, 0) is 4.79 Å². The van der Waals surface area contributed by atoms with Crippen LogP contribution in [0.4, 0.5) is 0 Å². The zero-order valence-electron chi connectivity index (χ0n) is 6.10. The van der Waals surface area contributed by atoms with E-state index in [4.69, 9.17) is 21.1 Å². The van der Waals surface area contributed by atoms with E-state index in [1.54, 1.807) is 0 Å². The van der Waals surface area contributed by atoms with Gasteiger partial charge in [-0.2, -0.15) is 0 Å². The first-order valence-electron chi connectivity index (χ1n) is 3.36. The summed E-state index contributed by atoms with van der Waals surface area (Å²) in [6.07, 6.45) is -2.17. The minimum absolute atomic E-state index is 0.0354. The van der Waals surface area contributed by atoms with Crippen LogP contribution < -0.4 is 5.73 Å². The molecule has 0 saturated heterocycles. The van der Waals surface area contributed by atoms with Crippen LogP contribution in [0.3, 0.4) is 0 Å². The summed E-state index contributed by atoms with van der Waals surface area (Å²) in [5.74, 6) is -0.992. The summed E-state index contributed by atoms with van der Waals surface area (Å²) in [5.41, 5.74) is 5.02. The average molecular weight is 163 g/mol. The highest BCUT2D eigenvalue weighted by molar-refractivity contribution is 5.66. The van der Waals surface area contributed by atoms with E-state index in [9.17, 15) is 4.79 Å². The number of nitrogens with two attached hydrogens (primary N) is 1. The molecule has 5 N–H and O–H groups in total. The molecule has 2 atom stereocenters. The number of carboxylic acids is 1. The third kappa shape index (κ3) is 4.72. The van der Waals surface area contributed by atoms with Crippen molar-refractivity contribution in [1.29, 1.82) is 0 Å². The molecule has 5 heteroatoms. The smallest absolute Gasteiger partial charge is 0.303 e. The van der Waals surface area contributed by atoms with Gasteiger partial charge in [-0.3, -0.25) is 4.79 Å². The van der Waals surface area contributed by atoms with E-state index < -0.39 is 18.2 Å². The van der Waals surface area contributed by atoms with Crippen LogP contribution in [0.1, 0.15) is 12.8 Å². The van der Waals surface area contributed by atoms with Gasteiger partial charge in [0.1, 0.15) is 0 Å². The van der Waals surface area contributed by atoms with Gasteiger partial charge in [0.05, 0.1) is 12.2 Å². The first kappa shape index (κ1) is 10.3. The zero-order valence-corrected chi connectivity index (χ0v) is 6.10. The maximum absolute atomic E-state index is 9.99. The summed E-state index contributed by atoms with van der Waals surface area (Å²) in [6.45, 7) is -0.0548. The molecule has 0 aliphatic carbocycles. The molecule has 11 heavy (non-hydrogen) atoms. The van der Waals surface area contributed by atoms with Crippen molar-refractivity contribution in [3.05, 3.63) is 0 Å². The molecule has 0 aliphatic heterocycles. The van der Waals surface area contributed by atoms with Crippen LogP contribution in [0.15, 0.2) is 0 Å². The van der Waals surface area contributed by atoms with Gasteiger partial charge >= 0.3 is 5.97 Å². The van der Waals surface area contributed by atoms with Crippen LogP contribution in [0, 0.1) is 0 Å². The molecular weight excluding hydrogens is 150 g/mol. The van der Waals surface area contributed by atoms with Crippen LogP contribution in [-0.4, -0.2) is 40.0 Å². The first-order valence-corrected chi connectivity index (χ1v) is 3.36. The van der Waals surface area contributed by atoms with Crippen molar-refractivity contribution in [1.82, 2.24) is 0 Å². The summed E-state index contributed by atoms with van der Waals surface area (Å²) in [7, 11) is 0. The molecule has 0 radical (unpaired) electrons. The highest BCUT2D eigenvalue weighted by Crippen LogP contribution is 2.00. The molecule has 0 amide bonds. The van der Waals surface area contributed by atoms with Gasteiger partial charge in [0.25, 0.3) is 0 Å². The van der Waals surface area contributed by atoms with Crippen molar-refractivity contribution in [2.75, 3.05) is 6.54 Å². The third-order valence-electron chi connectivity index (χ3n) is 1.34. The second-order valence-electron chi connectivity index (χ2n) is 2.30. The Morgan fingerprint density at radius 1 is 1.36 bits per heavy atom. The van der Waals surface area contributed by atoms with Crippen molar-refractivity contribution in [3.8, 4) is 0 Å². The van der Waals surface area contributed by atoms with Crippen molar-refractivity contribution in [3.63, 3.8) is 0 Å². The van der Waals surface area contributed by atoms with Gasteiger partial charge in [0.2, 0.25) is 0 Å². The van der Waals surface area contributed by atoms with Gasteiger partial charge in [-0.15, -0.1) is 0 Å². The molecule has 0 spiro atoms. The van der Waals surface area contributed by atoms with E-state index in [1.165, 1.54) is 0 Å². The Morgan fingerprint density at radius 2 is 1.91 bits per heavy atom. The van der Waals surface area contributed by atoms with Crippen molar-refractivity contribution < 1.29 is 20.1 Å². The molecular formula is C6H13NO4. The number of aliphatic carboxylic acids is 1. The molecule has 0 heterocycles. The van der Waals surface area contributed by atoms with Crippen LogP contribution in [0.5, 0.6) is 0 Å². The number of aliphatic hydroxyl groups is 2. The Balaban J connectivity index is 3.51. The highest BCUT2D eigenvalue weighted by atomic mass is 16.4. The van der Waals surface area contributed by atoms with Gasteiger partial charge in [0.15, 0.2) is 0 Å². The van der Waals surface area contributed by atoms with E-state index in [0.29, 0.717) is 0 Å². The fourth-order valence-electron chi connectivity index (χ4n) is 0.621. The summed E-state index contributed by atoms with van der Waals surface area (Å²) < 4.78 is 0. The molecule has 66 valence electrons. The summed E-state index contributed by atoms with van der Waals surface area (Å²) in [5, 5.41) is 26.0. The fourth-order valence-corrected chi connectivity index (χ4v) is 0.621. The van der Waals surface area contributed by atoms with Crippen molar-refractivity contribution in [2.45, 2.75) is 25.0 Å². The summed E-state index contributed by atoms with van der Waals surface area (Å²) in [6, 6.07) is 0. The van der Waals surface area contributed by atoms with Gasteiger partial charge < -0.3 is 21.1 Å². The molecule has 0 fully saturated rings. The largest absolute Gasteiger partial charge is 0.481 e. The second kappa shape index (κ2) is 5.06. The quantitative estimate of drug-likeness (QED) is 0.396. The maximum atomic E-state index is 9.99. The molecule has 0 aromatic rings. The standard InChI is InChI=1S/C6H13NO4/c7-3-5(9)4(8)1-2-6(10)11/h4-5,8-9H,1-3,7H2,(H,10,11)/t4-,5-/m0/s1. The molecule has 0 aliphatic rings. The van der Waals surface area contributed by atoms with Gasteiger partial charge in [-0.25, -0.2) is 0 Å². The number of aliphatic hydroxyl groups excluding tert-OH is 2. The van der Waals surface area contributed by atoms with E-state index in [1.807, 2.05) is 0 Å². The number of carboxylic acid groups (broad SMARTS) is 1. The average Bonchev–Trinajstić information content (AvgIpc) is 1.98. The molecule has 0 aromatic carbocycles. The summed E-state index contributed by atoms with van der Waals surface area (Å²) >= 11 is 0. The van der Waals surface area contributed by atoms with Gasteiger partial charge in [0, 0.05) is 13.0 Å². The van der Waals surface area contributed by atoms with Crippen LogP contribution >= 0.6 is 0 Å². The van der Waals surface area contributed by atoms with Gasteiger partial charge in [-0.1, -0.05) is 0 Å². The number of hydrogen-bond donors (Lipinski definition) is 4. The lowest BCUT2D eigenvalue weighted by atomic mass is 10.1. The number of hydrogen-bond acceptors (Lipinski definition) is 4. The lowest BCUT2D eigenvalue weighted by Crippen LogP contribution is -2.33. The normalized spacial score (nSPS) is 15.9. The third-order valence-corrected chi connectivity index (χ3v) is 1.34. The van der Waals surface area contributed by atoms with Gasteiger partial charge in [-0.05, 0) is 6.42 Å². The van der Waals surface area contributed by atoms with E-state index in [2.05, 4.69) is 0 Å². The number of rotatable bonds is 5.